The maximum Gasteiger partial charge on any atom is 0.223 e. The van der Waals surface area contributed by atoms with E-state index in [4.69, 9.17) is 5.11 Å². The summed E-state index contributed by atoms with van der Waals surface area (Å²) in [6.07, 6.45) is 6.35. The predicted octanol–water partition coefficient (Wildman–Crippen LogP) is 0.572. The molecule has 1 saturated carbocycles. The van der Waals surface area contributed by atoms with E-state index in [1.54, 1.807) is 0 Å². The summed E-state index contributed by atoms with van der Waals surface area (Å²) < 4.78 is 0. The van der Waals surface area contributed by atoms with Crippen LogP contribution in [0.3, 0.4) is 0 Å². The molecule has 0 unspecified atom stereocenters. The van der Waals surface area contributed by atoms with Crippen molar-refractivity contribution in [2.75, 3.05) is 19.7 Å². The number of hydrogen-bond donors (Lipinski definition) is 3. The number of rotatable bonds is 7. The molecule has 0 heterocycles. The van der Waals surface area contributed by atoms with Gasteiger partial charge in [0, 0.05) is 32.0 Å². The Labute approximate surface area is 108 Å². The molecule has 1 aliphatic carbocycles. The van der Waals surface area contributed by atoms with Crippen molar-refractivity contribution in [2.24, 2.45) is 5.92 Å². The first-order valence-corrected chi connectivity index (χ1v) is 6.89. The van der Waals surface area contributed by atoms with Crippen molar-refractivity contribution in [1.82, 2.24) is 10.6 Å². The molecule has 1 fully saturated rings. The summed E-state index contributed by atoms with van der Waals surface area (Å²) in [4.78, 5) is 23.1. The minimum absolute atomic E-state index is 0.0765. The second-order valence-corrected chi connectivity index (χ2v) is 4.80. The number of amides is 2. The van der Waals surface area contributed by atoms with Crippen molar-refractivity contribution in [1.29, 1.82) is 0 Å². The van der Waals surface area contributed by atoms with E-state index >= 15 is 0 Å². The Morgan fingerprint density at radius 3 is 2.44 bits per heavy atom. The highest BCUT2D eigenvalue weighted by Gasteiger charge is 2.20. The lowest BCUT2D eigenvalue weighted by atomic mass is 9.89. The van der Waals surface area contributed by atoms with Crippen LogP contribution in [0.1, 0.15) is 44.9 Å². The molecule has 5 heteroatoms. The van der Waals surface area contributed by atoms with Gasteiger partial charge in [-0.15, -0.1) is 0 Å². The van der Waals surface area contributed by atoms with E-state index in [2.05, 4.69) is 10.6 Å². The van der Waals surface area contributed by atoms with E-state index in [9.17, 15) is 9.59 Å². The van der Waals surface area contributed by atoms with E-state index in [-0.39, 0.29) is 24.3 Å². The van der Waals surface area contributed by atoms with Gasteiger partial charge in [0.05, 0.1) is 0 Å². The SMILES string of the molecule is O=C(CCNC(=O)C1CCCCC1)NCCCO. The number of aliphatic hydroxyl groups excluding tert-OH is 1. The molecule has 1 aliphatic rings. The van der Waals surface area contributed by atoms with Crippen molar-refractivity contribution in [2.45, 2.75) is 44.9 Å². The van der Waals surface area contributed by atoms with Crippen molar-refractivity contribution in [3.63, 3.8) is 0 Å². The zero-order chi connectivity index (χ0) is 13.2. The van der Waals surface area contributed by atoms with Crippen molar-refractivity contribution >= 4 is 11.8 Å². The Bertz CT molecular complexity index is 263. The van der Waals surface area contributed by atoms with Crippen LogP contribution < -0.4 is 10.6 Å². The highest BCUT2D eigenvalue weighted by molar-refractivity contribution is 5.80. The Hall–Kier alpha value is -1.10. The molecule has 1 rings (SSSR count). The Morgan fingerprint density at radius 1 is 1.06 bits per heavy atom. The van der Waals surface area contributed by atoms with Crippen molar-refractivity contribution < 1.29 is 14.7 Å². The highest BCUT2D eigenvalue weighted by atomic mass is 16.3. The normalized spacial score (nSPS) is 16.3. The lowest BCUT2D eigenvalue weighted by molar-refractivity contribution is -0.126. The molecule has 5 nitrogen and oxygen atoms in total. The molecule has 0 spiro atoms. The fourth-order valence-corrected chi connectivity index (χ4v) is 2.20. The summed E-state index contributed by atoms with van der Waals surface area (Å²) in [6.45, 7) is 0.977. The largest absolute Gasteiger partial charge is 0.396 e. The minimum atomic E-state index is -0.0765. The zero-order valence-electron chi connectivity index (χ0n) is 10.9. The molecule has 0 aliphatic heterocycles. The standard InChI is InChI=1S/C13H24N2O3/c16-10-4-8-14-12(17)7-9-15-13(18)11-5-2-1-3-6-11/h11,16H,1-10H2,(H,14,17)(H,15,18). The van der Waals surface area contributed by atoms with E-state index in [1.807, 2.05) is 0 Å². The summed E-state index contributed by atoms with van der Waals surface area (Å²) in [5.41, 5.74) is 0. The Balaban J connectivity index is 2.05. The molecule has 2 amide bonds. The van der Waals surface area contributed by atoms with Gasteiger partial charge in [-0.05, 0) is 19.3 Å². The highest BCUT2D eigenvalue weighted by Crippen LogP contribution is 2.23. The van der Waals surface area contributed by atoms with Gasteiger partial charge >= 0.3 is 0 Å². The molecule has 0 atom stereocenters. The van der Waals surface area contributed by atoms with Crippen molar-refractivity contribution in [3.05, 3.63) is 0 Å². The van der Waals surface area contributed by atoms with Gasteiger partial charge in [-0.25, -0.2) is 0 Å². The molecule has 18 heavy (non-hydrogen) atoms. The first kappa shape index (κ1) is 15.0. The smallest absolute Gasteiger partial charge is 0.223 e. The van der Waals surface area contributed by atoms with Gasteiger partial charge in [0.2, 0.25) is 11.8 Å². The fraction of sp³-hybridized carbons (Fsp3) is 0.846. The number of carbonyl (C=O) groups is 2. The lowest BCUT2D eigenvalue weighted by Crippen LogP contribution is -2.35. The number of hydrogen-bond acceptors (Lipinski definition) is 3. The van der Waals surface area contributed by atoms with Crippen LogP contribution in [-0.4, -0.2) is 36.6 Å². The third-order valence-corrected chi connectivity index (χ3v) is 3.28. The maximum absolute atomic E-state index is 11.8. The minimum Gasteiger partial charge on any atom is -0.396 e. The van der Waals surface area contributed by atoms with E-state index in [0.717, 1.165) is 25.7 Å². The van der Waals surface area contributed by atoms with E-state index < -0.39 is 0 Å². The van der Waals surface area contributed by atoms with Gasteiger partial charge in [-0.1, -0.05) is 19.3 Å². The summed E-state index contributed by atoms with van der Waals surface area (Å²) in [6, 6.07) is 0. The van der Waals surface area contributed by atoms with E-state index in [1.165, 1.54) is 6.42 Å². The maximum atomic E-state index is 11.8. The van der Waals surface area contributed by atoms with Gasteiger partial charge in [0.1, 0.15) is 0 Å². The molecular formula is C13H24N2O3. The van der Waals surface area contributed by atoms with E-state index in [0.29, 0.717) is 25.9 Å². The van der Waals surface area contributed by atoms with Gasteiger partial charge in [0.15, 0.2) is 0 Å². The molecule has 0 bridgehead atoms. The third-order valence-electron chi connectivity index (χ3n) is 3.28. The average Bonchev–Trinajstić information content (AvgIpc) is 2.40. The number of aliphatic hydroxyl groups is 1. The second kappa shape index (κ2) is 8.91. The average molecular weight is 256 g/mol. The van der Waals surface area contributed by atoms with Gasteiger partial charge in [-0.3, -0.25) is 9.59 Å². The molecule has 0 radical (unpaired) electrons. The molecule has 0 aromatic heterocycles. The molecular weight excluding hydrogens is 232 g/mol. The molecule has 104 valence electrons. The summed E-state index contributed by atoms with van der Waals surface area (Å²) >= 11 is 0. The van der Waals surface area contributed by atoms with Gasteiger partial charge < -0.3 is 15.7 Å². The third kappa shape index (κ3) is 6.00. The molecule has 3 N–H and O–H groups in total. The monoisotopic (exact) mass is 256 g/mol. The van der Waals surface area contributed by atoms with Crippen LogP contribution in [-0.2, 0) is 9.59 Å². The lowest BCUT2D eigenvalue weighted by Gasteiger charge is -2.20. The first-order valence-electron chi connectivity index (χ1n) is 6.89. The summed E-state index contributed by atoms with van der Waals surface area (Å²) in [5, 5.41) is 14.1. The molecule has 0 saturated heterocycles. The first-order chi connectivity index (χ1) is 8.74. The zero-order valence-corrected chi connectivity index (χ0v) is 10.9. The summed E-state index contributed by atoms with van der Waals surface area (Å²) in [7, 11) is 0. The van der Waals surface area contributed by atoms with Crippen LogP contribution in [0.4, 0.5) is 0 Å². The molecule has 0 aromatic rings. The van der Waals surface area contributed by atoms with Crippen LogP contribution in [0.15, 0.2) is 0 Å². The number of carbonyl (C=O) groups excluding carboxylic acids is 2. The fourth-order valence-electron chi connectivity index (χ4n) is 2.20. The summed E-state index contributed by atoms with van der Waals surface area (Å²) in [5.74, 6) is 0.168. The van der Waals surface area contributed by atoms with Crippen molar-refractivity contribution in [3.8, 4) is 0 Å². The van der Waals surface area contributed by atoms with Gasteiger partial charge in [0.25, 0.3) is 0 Å². The quantitative estimate of drug-likeness (QED) is 0.583. The van der Waals surface area contributed by atoms with Crippen LogP contribution in [0.5, 0.6) is 0 Å². The van der Waals surface area contributed by atoms with Crippen LogP contribution in [0, 0.1) is 5.92 Å². The topological polar surface area (TPSA) is 78.4 Å². The Morgan fingerprint density at radius 2 is 1.78 bits per heavy atom. The van der Waals surface area contributed by atoms with Crippen LogP contribution in [0.25, 0.3) is 0 Å². The van der Waals surface area contributed by atoms with Crippen LogP contribution in [0.2, 0.25) is 0 Å². The number of nitrogens with one attached hydrogen (secondary N) is 2. The Kier molecular flexibility index (Phi) is 7.41. The second-order valence-electron chi connectivity index (χ2n) is 4.80. The van der Waals surface area contributed by atoms with Gasteiger partial charge in [-0.2, -0.15) is 0 Å². The molecule has 0 aromatic carbocycles. The predicted molar refractivity (Wildman–Crippen MR) is 68.9 cm³/mol. The van der Waals surface area contributed by atoms with Crippen LogP contribution >= 0.6 is 0 Å².